The van der Waals surface area contributed by atoms with Crippen LogP contribution in [0, 0.1) is 6.92 Å². The fraction of sp³-hybridized carbons (Fsp3) is 0.200. The maximum atomic E-state index is 12.8. The summed E-state index contributed by atoms with van der Waals surface area (Å²) in [5, 5.41) is 14.3. The first-order valence-electron chi connectivity index (χ1n) is 10.5. The van der Waals surface area contributed by atoms with Gasteiger partial charge in [0.05, 0.1) is 13.1 Å². The highest BCUT2D eigenvalue weighted by atomic mass is 16.5. The zero-order chi connectivity index (χ0) is 22.3. The third kappa shape index (κ3) is 5.00. The number of ether oxygens (including phenoxy) is 1. The predicted octanol–water partition coefficient (Wildman–Crippen LogP) is 3.62. The molecule has 0 atom stereocenters. The van der Waals surface area contributed by atoms with Gasteiger partial charge in [0, 0.05) is 5.56 Å². The van der Waals surface area contributed by atoms with Crippen LogP contribution in [0.5, 0.6) is 11.5 Å². The molecule has 7 nitrogen and oxygen atoms in total. The number of hydrogen-bond acceptors (Lipinski definition) is 5. The lowest BCUT2D eigenvalue weighted by atomic mass is 10.1. The van der Waals surface area contributed by atoms with Crippen LogP contribution in [0.15, 0.2) is 83.7 Å². The molecule has 4 aromatic rings. The highest BCUT2D eigenvalue weighted by Gasteiger charge is 2.12. The fourth-order valence-electron chi connectivity index (χ4n) is 3.48. The summed E-state index contributed by atoms with van der Waals surface area (Å²) in [6.45, 7) is 3.05. The van der Waals surface area contributed by atoms with E-state index < -0.39 is 0 Å². The van der Waals surface area contributed by atoms with Gasteiger partial charge < -0.3 is 15.3 Å². The number of nitrogens with one attached hydrogen (secondary N) is 1. The molecule has 1 heterocycles. The number of rotatable bonds is 9. The van der Waals surface area contributed by atoms with Crippen LogP contribution in [-0.4, -0.2) is 19.6 Å². The van der Waals surface area contributed by atoms with E-state index in [1.54, 1.807) is 19.1 Å². The molecule has 32 heavy (non-hydrogen) atoms. The number of para-hydroxylation sites is 2. The molecule has 0 saturated carbocycles. The van der Waals surface area contributed by atoms with E-state index in [4.69, 9.17) is 4.74 Å². The van der Waals surface area contributed by atoms with Crippen LogP contribution in [0.25, 0.3) is 0 Å². The molecule has 7 heteroatoms. The number of phenols is 1. The van der Waals surface area contributed by atoms with Gasteiger partial charge in [0.2, 0.25) is 0 Å². The molecule has 0 amide bonds. The molecule has 0 bridgehead atoms. The van der Waals surface area contributed by atoms with Gasteiger partial charge in [0.15, 0.2) is 0 Å². The summed E-state index contributed by atoms with van der Waals surface area (Å²) in [5.41, 5.74) is 5.72. The Morgan fingerprint density at radius 1 is 0.938 bits per heavy atom. The van der Waals surface area contributed by atoms with Crippen LogP contribution >= 0.6 is 0 Å². The van der Waals surface area contributed by atoms with E-state index >= 15 is 0 Å². The Kier molecular flexibility index (Phi) is 6.55. The lowest BCUT2D eigenvalue weighted by Crippen LogP contribution is -2.32. The second-order valence-electron chi connectivity index (χ2n) is 7.48. The van der Waals surface area contributed by atoms with Crippen LogP contribution in [0.2, 0.25) is 0 Å². The molecule has 0 unspecified atom stereocenters. The van der Waals surface area contributed by atoms with Crippen molar-refractivity contribution < 1.29 is 9.84 Å². The van der Waals surface area contributed by atoms with Gasteiger partial charge in [-0.05, 0) is 36.6 Å². The standard InChI is InChI=1S/C25H26N4O3/c1-19-27-28(16-15-21-11-5-7-13-23(21)30)25(31)29(19)26-17-22-12-6-8-14-24(22)32-18-20-9-3-2-4-10-20/h2-14,26,30H,15-18H2,1H3. The van der Waals surface area contributed by atoms with Gasteiger partial charge in [-0.15, -0.1) is 0 Å². The van der Waals surface area contributed by atoms with Crippen LogP contribution < -0.4 is 15.9 Å². The van der Waals surface area contributed by atoms with E-state index in [9.17, 15) is 9.90 Å². The first kappa shape index (κ1) is 21.2. The van der Waals surface area contributed by atoms with Crippen molar-refractivity contribution >= 4 is 0 Å². The van der Waals surface area contributed by atoms with Crippen LogP contribution in [0.4, 0.5) is 0 Å². The molecule has 1 aromatic heterocycles. The van der Waals surface area contributed by atoms with Crippen LogP contribution in [-0.2, 0) is 26.1 Å². The SMILES string of the molecule is Cc1nn(CCc2ccccc2O)c(=O)n1NCc1ccccc1OCc1ccccc1. The van der Waals surface area contributed by atoms with E-state index in [-0.39, 0.29) is 11.4 Å². The monoisotopic (exact) mass is 430 g/mol. The van der Waals surface area contributed by atoms with Crippen molar-refractivity contribution in [1.82, 2.24) is 14.5 Å². The molecular formula is C25H26N4O3. The predicted molar refractivity (Wildman–Crippen MR) is 123 cm³/mol. The zero-order valence-electron chi connectivity index (χ0n) is 17.9. The molecule has 0 spiro atoms. The van der Waals surface area contributed by atoms with Gasteiger partial charge in [0.25, 0.3) is 0 Å². The summed E-state index contributed by atoms with van der Waals surface area (Å²) in [6, 6.07) is 24.9. The summed E-state index contributed by atoms with van der Waals surface area (Å²) >= 11 is 0. The molecule has 0 radical (unpaired) electrons. The summed E-state index contributed by atoms with van der Waals surface area (Å²) in [4.78, 5) is 12.8. The molecule has 4 rings (SSSR count). The number of phenolic OH excluding ortho intramolecular Hbond substituents is 1. The van der Waals surface area contributed by atoms with Gasteiger partial charge in [-0.25, -0.2) is 9.48 Å². The first-order chi connectivity index (χ1) is 15.6. The number of aromatic hydroxyl groups is 1. The summed E-state index contributed by atoms with van der Waals surface area (Å²) < 4.78 is 8.86. The van der Waals surface area contributed by atoms with Crippen molar-refractivity contribution in [3.63, 3.8) is 0 Å². The second kappa shape index (κ2) is 9.87. The van der Waals surface area contributed by atoms with Crippen molar-refractivity contribution in [2.24, 2.45) is 0 Å². The van der Waals surface area contributed by atoms with Crippen molar-refractivity contribution in [3.05, 3.63) is 112 Å². The summed E-state index contributed by atoms with van der Waals surface area (Å²) in [7, 11) is 0. The maximum absolute atomic E-state index is 12.8. The Morgan fingerprint density at radius 3 is 2.41 bits per heavy atom. The molecule has 0 fully saturated rings. The van der Waals surface area contributed by atoms with Crippen molar-refractivity contribution in [2.75, 3.05) is 5.43 Å². The average molecular weight is 431 g/mol. The van der Waals surface area contributed by atoms with Gasteiger partial charge in [0.1, 0.15) is 23.9 Å². The lowest BCUT2D eigenvalue weighted by molar-refractivity contribution is 0.303. The molecule has 2 N–H and O–H groups in total. The Hall–Kier alpha value is -4.00. The van der Waals surface area contributed by atoms with E-state index in [2.05, 4.69) is 10.5 Å². The van der Waals surface area contributed by atoms with Gasteiger partial charge in [-0.3, -0.25) is 0 Å². The molecule has 3 aromatic carbocycles. The third-order valence-corrected chi connectivity index (χ3v) is 5.22. The van der Waals surface area contributed by atoms with Gasteiger partial charge in [-0.1, -0.05) is 66.7 Å². The summed E-state index contributed by atoms with van der Waals surface area (Å²) in [6.07, 6.45) is 0.513. The Balaban J connectivity index is 1.42. The first-order valence-corrected chi connectivity index (χ1v) is 10.5. The van der Waals surface area contributed by atoms with E-state index in [1.165, 1.54) is 9.36 Å². The average Bonchev–Trinajstić information content (AvgIpc) is 3.09. The van der Waals surface area contributed by atoms with Gasteiger partial charge in [-0.2, -0.15) is 9.77 Å². The summed E-state index contributed by atoms with van der Waals surface area (Å²) in [5.74, 6) is 1.55. The fourth-order valence-corrected chi connectivity index (χ4v) is 3.48. The zero-order valence-corrected chi connectivity index (χ0v) is 17.9. The minimum Gasteiger partial charge on any atom is -0.508 e. The number of benzene rings is 3. The Bertz CT molecular complexity index is 1230. The molecule has 0 aliphatic carbocycles. The Morgan fingerprint density at radius 2 is 1.62 bits per heavy atom. The minimum atomic E-state index is -0.249. The second-order valence-corrected chi connectivity index (χ2v) is 7.48. The van der Waals surface area contributed by atoms with E-state index in [1.807, 2.05) is 66.7 Å². The highest BCUT2D eigenvalue weighted by Crippen LogP contribution is 2.20. The maximum Gasteiger partial charge on any atom is 0.364 e. The van der Waals surface area contributed by atoms with Crippen molar-refractivity contribution in [3.8, 4) is 11.5 Å². The number of aromatic nitrogens is 3. The van der Waals surface area contributed by atoms with E-state index in [0.717, 1.165) is 22.4 Å². The van der Waals surface area contributed by atoms with E-state index in [0.29, 0.717) is 31.9 Å². The molecule has 0 aliphatic rings. The van der Waals surface area contributed by atoms with Gasteiger partial charge >= 0.3 is 5.69 Å². The quantitative estimate of drug-likeness (QED) is 0.424. The molecular weight excluding hydrogens is 404 g/mol. The topological polar surface area (TPSA) is 81.3 Å². The minimum absolute atomic E-state index is 0.224. The highest BCUT2D eigenvalue weighted by molar-refractivity contribution is 5.34. The van der Waals surface area contributed by atoms with Crippen molar-refractivity contribution in [1.29, 1.82) is 0 Å². The van der Waals surface area contributed by atoms with Crippen LogP contribution in [0.3, 0.4) is 0 Å². The molecule has 0 aliphatic heterocycles. The largest absolute Gasteiger partial charge is 0.508 e. The van der Waals surface area contributed by atoms with Crippen molar-refractivity contribution in [2.45, 2.75) is 33.0 Å². The number of hydrogen-bond donors (Lipinski definition) is 2. The molecule has 0 saturated heterocycles. The lowest BCUT2D eigenvalue weighted by Gasteiger charge is -2.13. The Labute approximate surface area is 186 Å². The number of nitrogens with zero attached hydrogens (tertiary/aromatic N) is 3. The van der Waals surface area contributed by atoms with Crippen LogP contribution in [0.1, 0.15) is 22.5 Å². The number of aryl methyl sites for hydroxylation is 3. The third-order valence-electron chi connectivity index (χ3n) is 5.22. The molecule has 164 valence electrons. The normalized spacial score (nSPS) is 10.8. The smallest absolute Gasteiger partial charge is 0.364 e.